The summed E-state index contributed by atoms with van der Waals surface area (Å²) < 4.78 is 6.03. The molecule has 1 aromatic heterocycles. The molecule has 1 amide bonds. The molecule has 7 heteroatoms. The molecule has 0 bridgehead atoms. The lowest BCUT2D eigenvalue weighted by molar-refractivity contribution is 0.102. The van der Waals surface area contributed by atoms with Gasteiger partial charge in [0.15, 0.2) is 0 Å². The maximum atomic E-state index is 13.5. The van der Waals surface area contributed by atoms with E-state index in [1.165, 1.54) is 0 Å². The van der Waals surface area contributed by atoms with Gasteiger partial charge in [-0.15, -0.1) is 0 Å². The molecule has 5 nitrogen and oxygen atoms in total. The Kier molecular flexibility index (Phi) is 6.51. The third-order valence-electron chi connectivity index (χ3n) is 5.69. The van der Waals surface area contributed by atoms with Crippen LogP contribution in [0.1, 0.15) is 15.9 Å². The van der Waals surface area contributed by atoms with E-state index < -0.39 is 5.91 Å². The Labute approximate surface area is 218 Å². The summed E-state index contributed by atoms with van der Waals surface area (Å²) in [6.07, 6.45) is 0. The van der Waals surface area contributed by atoms with Gasteiger partial charge in [-0.1, -0.05) is 77.8 Å². The van der Waals surface area contributed by atoms with Crippen LogP contribution in [0.3, 0.4) is 0 Å². The number of rotatable bonds is 5. The van der Waals surface area contributed by atoms with Gasteiger partial charge >= 0.3 is 0 Å². The maximum absolute atomic E-state index is 13.5. The van der Waals surface area contributed by atoms with Gasteiger partial charge in [0.1, 0.15) is 11.4 Å². The highest BCUT2D eigenvalue weighted by Crippen LogP contribution is 2.41. The number of aromatic hydroxyl groups is 1. The van der Waals surface area contributed by atoms with E-state index in [2.05, 4.69) is 10.3 Å². The van der Waals surface area contributed by atoms with Crippen molar-refractivity contribution in [3.05, 3.63) is 112 Å². The molecule has 4 aromatic carbocycles. The van der Waals surface area contributed by atoms with Crippen molar-refractivity contribution in [2.75, 3.05) is 5.32 Å². The fourth-order valence-electron chi connectivity index (χ4n) is 3.96. The number of carbonyl (C=O) groups excluding carboxylic acids is 1. The zero-order valence-corrected chi connectivity index (χ0v) is 20.6. The molecule has 0 aliphatic carbocycles. The second kappa shape index (κ2) is 9.90. The van der Waals surface area contributed by atoms with E-state index in [9.17, 15) is 9.90 Å². The number of nitrogens with one attached hydrogen (secondary N) is 1. The van der Waals surface area contributed by atoms with E-state index in [4.69, 9.17) is 27.6 Å². The third-order valence-corrected chi connectivity index (χ3v) is 6.32. The largest absolute Gasteiger partial charge is 0.507 e. The van der Waals surface area contributed by atoms with Crippen LogP contribution in [0.2, 0.25) is 10.0 Å². The van der Waals surface area contributed by atoms with Crippen molar-refractivity contribution in [2.45, 2.75) is 6.92 Å². The molecule has 0 unspecified atom stereocenters. The molecule has 36 heavy (non-hydrogen) atoms. The van der Waals surface area contributed by atoms with Crippen molar-refractivity contribution < 1.29 is 14.3 Å². The lowest BCUT2D eigenvalue weighted by Gasteiger charge is -2.12. The van der Waals surface area contributed by atoms with Crippen molar-refractivity contribution in [1.82, 2.24) is 4.98 Å². The van der Waals surface area contributed by atoms with Gasteiger partial charge in [0.05, 0.1) is 10.0 Å². The predicted molar refractivity (Wildman–Crippen MR) is 144 cm³/mol. The molecular weight excluding hydrogens is 495 g/mol. The number of carbonyl (C=O) groups is 1. The lowest BCUT2D eigenvalue weighted by Crippen LogP contribution is -2.13. The third kappa shape index (κ3) is 4.59. The van der Waals surface area contributed by atoms with E-state index in [0.29, 0.717) is 43.9 Å². The highest BCUT2D eigenvalue weighted by atomic mass is 35.5. The fourth-order valence-corrected chi connectivity index (χ4v) is 4.53. The number of aromatic nitrogens is 1. The smallest absolute Gasteiger partial charge is 0.258 e. The zero-order valence-electron chi connectivity index (χ0n) is 19.1. The number of nitrogens with zero attached hydrogens (tertiary/aromatic N) is 1. The van der Waals surface area contributed by atoms with Crippen LogP contribution in [-0.2, 0) is 0 Å². The second-order valence-corrected chi connectivity index (χ2v) is 8.99. The number of benzene rings is 4. The Morgan fingerprint density at radius 3 is 2.28 bits per heavy atom. The first-order valence-electron chi connectivity index (χ1n) is 11.1. The Morgan fingerprint density at radius 2 is 1.56 bits per heavy atom. The highest BCUT2D eigenvalue weighted by Gasteiger charge is 2.24. The summed E-state index contributed by atoms with van der Waals surface area (Å²) in [4.78, 5) is 18.2. The van der Waals surface area contributed by atoms with Crippen LogP contribution in [0.15, 0.2) is 95.4 Å². The first-order valence-corrected chi connectivity index (χ1v) is 11.9. The Bertz CT molecular complexity index is 1560. The summed E-state index contributed by atoms with van der Waals surface area (Å²) in [6, 6.07) is 26.8. The number of hydrogen-bond donors (Lipinski definition) is 2. The van der Waals surface area contributed by atoms with Crippen molar-refractivity contribution in [2.24, 2.45) is 0 Å². The summed E-state index contributed by atoms with van der Waals surface area (Å²) in [7, 11) is 0. The van der Waals surface area contributed by atoms with E-state index in [0.717, 1.165) is 11.1 Å². The molecular formula is C29H20Cl2N2O3. The van der Waals surface area contributed by atoms with Gasteiger partial charge in [-0.05, 0) is 54.4 Å². The van der Waals surface area contributed by atoms with Crippen molar-refractivity contribution in [1.29, 1.82) is 0 Å². The summed E-state index contributed by atoms with van der Waals surface area (Å²) >= 11 is 12.9. The summed E-state index contributed by atoms with van der Waals surface area (Å²) in [6.45, 7) is 1.89. The zero-order chi connectivity index (χ0) is 25.2. The molecule has 5 aromatic rings. The Hall–Kier alpha value is -4.06. The van der Waals surface area contributed by atoms with Crippen LogP contribution in [0.4, 0.5) is 5.88 Å². The Balaban J connectivity index is 1.60. The molecule has 0 radical (unpaired) electrons. The van der Waals surface area contributed by atoms with Crippen LogP contribution in [0.5, 0.6) is 5.75 Å². The van der Waals surface area contributed by atoms with Crippen LogP contribution in [0.25, 0.3) is 33.8 Å². The molecule has 0 saturated carbocycles. The molecule has 0 atom stereocenters. The van der Waals surface area contributed by atoms with E-state index in [1.807, 2.05) is 49.4 Å². The SMILES string of the molecule is Cc1ccc(-c2ccccc2C(=O)Nc2oc(-c3ccccc3)nc2-c2c(Cl)cccc2Cl)c(O)c1. The highest BCUT2D eigenvalue weighted by molar-refractivity contribution is 6.39. The minimum atomic E-state index is -0.439. The summed E-state index contributed by atoms with van der Waals surface area (Å²) in [5.74, 6) is 0.0636. The first kappa shape index (κ1) is 23.7. The minimum absolute atomic E-state index is 0.0878. The minimum Gasteiger partial charge on any atom is -0.507 e. The number of halogens is 2. The second-order valence-electron chi connectivity index (χ2n) is 8.18. The Morgan fingerprint density at radius 1 is 0.861 bits per heavy atom. The number of amides is 1. The molecule has 2 N–H and O–H groups in total. The molecule has 1 heterocycles. The van der Waals surface area contributed by atoms with Crippen molar-refractivity contribution >= 4 is 35.0 Å². The topological polar surface area (TPSA) is 75.4 Å². The quantitative estimate of drug-likeness (QED) is 0.247. The summed E-state index contributed by atoms with van der Waals surface area (Å²) in [5, 5.41) is 14.1. The standard InChI is InChI=1S/C29H20Cl2N2O3/c1-17-14-15-20(24(34)16-17)19-10-5-6-11-21(19)27(35)33-29-26(25-22(30)12-7-13-23(25)31)32-28(36-29)18-8-3-2-4-9-18/h2-16,34H,1H3,(H,33,35). The van der Waals surface area contributed by atoms with E-state index >= 15 is 0 Å². The van der Waals surface area contributed by atoms with Crippen LogP contribution in [0, 0.1) is 6.92 Å². The molecule has 0 saturated heterocycles. The van der Waals surface area contributed by atoms with Crippen LogP contribution >= 0.6 is 23.2 Å². The molecule has 5 rings (SSSR count). The van der Waals surface area contributed by atoms with Crippen molar-refractivity contribution in [3.63, 3.8) is 0 Å². The number of anilines is 1. The normalized spacial score (nSPS) is 10.9. The maximum Gasteiger partial charge on any atom is 0.258 e. The lowest BCUT2D eigenvalue weighted by atomic mass is 9.97. The molecule has 0 aliphatic heterocycles. The predicted octanol–water partition coefficient (Wildman–Crippen LogP) is 8.25. The first-order chi connectivity index (χ1) is 17.4. The van der Waals surface area contributed by atoms with Gasteiger partial charge in [-0.2, -0.15) is 0 Å². The van der Waals surface area contributed by atoms with Crippen LogP contribution in [-0.4, -0.2) is 16.0 Å². The average Bonchev–Trinajstić information content (AvgIpc) is 3.28. The number of phenolic OH excluding ortho intramolecular Hbond substituents is 1. The number of oxazole rings is 1. The van der Waals surface area contributed by atoms with Gasteiger partial charge in [0.2, 0.25) is 11.8 Å². The van der Waals surface area contributed by atoms with Gasteiger partial charge in [0.25, 0.3) is 5.91 Å². The monoisotopic (exact) mass is 514 g/mol. The summed E-state index contributed by atoms with van der Waals surface area (Å²) in [5.41, 5.74) is 3.88. The average molecular weight is 515 g/mol. The molecule has 0 spiro atoms. The molecule has 0 aliphatic rings. The molecule has 178 valence electrons. The van der Waals surface area contributed by atoms with E-state index in [-0.39, 0.29) is 11.6 Å². The van der Waals surface area contributed by atoms with Gasteiger partial charge in [-0.3, -0.25) is 10.1 Å². The molecule has 0 fully saturated rings. The van der Waals surface area contributed by atoms with E-state index in [1.54, 1.807) is 48.5 Å². The number of hydrogen-bond acceptors (Lipinski definition) is 4. The van der Waals surface area contributed by atoms with Gasteiger partial charge < -0.3 is 9.52 Å². The van der Waals surface area contributed by atoms with Crippen LogP contribution < -0.4 is 5.32 Å². The van der Waals surface area contributed by atoms with Gasteiger partial charge in [0, 0.05) is 22.3 Å². The van der Waals surface area contributed by atoms with Gasteiger partial charge in [-0.25, -0.2) is 4.98 Å². The number of aryl methyl sites for hydroxylation is 1. The van der Waals surface area contributed by atoms with Crippen molar-refractivity contribution in [3.8, 4) is 39.6 Å². The number of phenols is 1. The fraction of sp³-hybridized carbons (Fsp3) is 0.0345.